The number of cyclic esters (lactones) is 1. The van der Waals surface area contributed by atoms with Gasteiger partial charge in [0.1, 0.15) is 6.04 Å². The van der Waals surface area contributed by atoms with Gasteiger partial charge >= 0.3 is 5.97 Å². The van der Waals surface area contributed by atoms with Crippen LogP contribution in [0.25, 0.3) is 0 Å². The van der Waals surface area contributed by atoms with E-state index in [1.54, 1.807) is 21.6 Å². The largest absolute Gasteiger partial charge is 0.465 e. The summed E-state index contributed by atoms with van der Waals surface area (Å²) in [4.78, 5) is 43.5. The average molecular weight is 421 g/mol. The molecule has 7 nitrogen and oxygen atoms in total. The maximum absolute atomic E-state index is 13.6. The van der Waals surface area contributed by atoms with E-state index in [9.17, 15) is 19.5 Å². The SMILES string of the molecule is CC(C)N1CC=C[C@]23S[C@@H]4C=CCCOC(=O)[C@@H]4[C@H]2C(=O)N(CCCO)C3C1=O. The Morgan fingerprint density at radius 3 is 2.79 bits per heavy atom. The van der Waals surface area contributed by atoms with Gasteiger partial charge in [0.2, 0.25) is 11.8 Å². The lowest BCUT2D eigenvalue weighted by molar-refractivity contribution is -0.153. The molecule has 0 aromatic heterocycles. The molecule has 4 aliphatic rings. The van der Waals surface area contributed by atoms with Gasteiger partial charge in [0.25, 0.3) is 0 Å². The molecule has 29 heavy (non-hydrogen) atoms. The zero-order chi connectivity index (χ0) is 20.8. The molecule has 0 aromatic carbocycles. The maximum Gasteiger partial charge on any atom is 0.311 e. The van der Waals surface area contributed by atoms with Gasteiger partial charge in [0.15, 0.2) is 0 Å². The van der Waals surface area contributed by atoms with Crippen molar-refractivity contribution in [3.63, 3.8) is 0 Å². The van der Waals surface area contributed by atoms with Crippen LogP contribution in [-0.2, 0) is 19.1 Å². The number of nitrogens with zero attached hydrogens (tertiary/aromatic N) is 2. The van der Waals surface area contributed by atoms with E-state index in [0.29, 0.717) is 32.5 Å². The zero-order valence-electron chi connectivity index (χ0n) is 16.8. The predicted octanol–water partition coefficient (Wildman–Crippen LogP) is 0.976. The van der Waals surface area contributed by atoms with Crippen molar-refractivity contribution in [3.05, 3.63) is 24.3 Å². The lowest BCUT2D eigenvalue weighted by Crippen LogP contribution is -2.54. The molecular weight excluding hydrogens is 392 g/mol. The summed E-state index contributed by atoms with van der Waals surface area (Å²) < 4.78 is 4.63. The molecule has 1 N–H and O–H groups in total. The Kier molecular flexibility index (Phi) is 5.50. The molecule has 0 saturated carbocycles. The Morgan fingerprint density at radius 1 is 1.28 bits per heavy atom. The van der Waals surface area contributed by atoms with Crippen LogP contribution in [0.2, 0.25) is 0 Å². The first-order valence-electron chi connectivity index (χ1n) is 10.3. The molecule has 1 spiro atoms. The van der Waals surface area contributed by atoms with E-state index in [2.05, 4.69) is 0 Å². The lowest BCUT2D eigenvalue weighted by atomic mass is 9.78. The lowest BCUT2D eigenvalue weighted by Gasteiger charge is -2.36. The van der Waals surface area contributed by atoms with Crippen molar-refractivity contribution < 1.29 is 24.2 Å². The molecule has 4 aliphatic heterocycles. The first-order chi connectivity index (χ1) is 13.9. The Labute approximate surface area is 175 Å². The average Bonchev–Trinajstić information content (AvgIpc) is 3.04. The normalized spacial score (nSPS) is 36.5. The van der Waals surface area contributed by atoms with E-state index in [1.807, 2.05) is 38.2 Å². The van der Waals surface area contributed by atoms with Crippen LogP contribution in [0.3, 0.4) is 0 Å². The number of amides is 2. The highest BCUT2D eigenvalue weighted by atomic mass is 32.2. The number of esters is 1. The van der Waals surface area contributed by atoms with E-state index in [0.717, 1.165) is 0 Å². The van der Waals surface area contributed by atoms with Gasteiger partial charge in [0, 0.05) is 31.0 Å². The van der Waals surface area contributed by atoms with Gasteiger partial charge in [-0.2, -0.15) is 0 Å². The second-order valence-corrected chi connectivity index (χ2v) is 9.81. The second kappa shape index (κ2) is 7.80. The van der Waals surface area contributed by atoms with Gasteiger partial charge in [-0.25, -0.2) is 0 Å². The van der Waals surface area contributed by atoms with Crippen molar-refractivity contribution >= 4 is 29.5 Å². The molecule has 1 unspecified atom stereocenters. The number of rotatable bonds is 4. The van der Waals surface area contributed by atoms with Gasteiger partial charge in [-0.15, -0.1) is 11.8 Å². The number of carbonyl (C=O) groups excluding carboxylic acids is 3. The molecule has 0 aliphatic carbocycles. The number of hydrogen-bond acceptors (Lipinski definition) is 6. The third kappa shape index (κ3) is 3.11. The minimum absolute atomic E-state index is 0.00101. The fourth-order valence-electron chi connectivity index (χ4n) is 5.07. The van der Waals surface area contributed by atoms with Crippen molar-refractivity contribution in [1.82, 2.24) is 9.80 Å². The molecule has 0 bridgehead atoms. The Hall–Kier alpha value is -1.80. The summed E-state index contributed by atoms with van der Waals surface area (Å²) in [6.45, 7) is 4.96. The van der Waals surface area contributed by atoms with Gasteiger partial charge in [-0.05, 0) is 26.7 Å². The molecular formula is C21H28N2O5S. The number of likely N-dealkylation sites (tertiary alicyclic amines) is 1. The third-order valence-electron chi connectivity index (χ3n) is 6.33. The molecule has 0 aromatic rings. The molecule has 0 radical (unpaired) electrons. The molecule has 8 heteroatoms. The van der Waals surface area contributed by atoms with Crippen LogP contribution in [0.15, 0.2) is 24.3 Å². The monoisotopic (exact) mass is 420 g/mol. The highest BCUT2D eigenvalue weighted by molar-refractivity contribution is 8.02. The standard InChI is InChI=1S/C21H28N2O5S/c1-13(2)22-9-5-8-21-16(15-14(29-21)7-3-4-12-28-20(15)27)18(25)23(10-6-11-24)17(21)19(22)26/h3,5,7-8,13-17,24H,4,6,9-12H2,1-2H3/t14-,15+,16+,17?,21+/m1/s1. The zero-order valence-corrected chi connectivity index (χ0v) is 17.6. The van der Waals surface area contributed by atoms with E-state index >= 15 is 0 Å². The molecule has 2 amide bonds. The number of hydrogen-bond donors (Lipinski definition) is 1. The Balaban J connectivity index is 1.82. The van der Waals surface area contributed by atoms with Crippen LogP contribution in [0.4, 0.5) is 0 Å². The minimum Gasteiger partial charge on any atom is -0.465 e. The van der Waals surface area contributed by atoms with Crippen molar-refractivity contribution in [2.75, 3.05) is 26.3 Å². The molecule has 158 valence electrons. The van der Waals surface area contributed by atoms with Gasteiger partial charge in [-0.1, -0.05) is 24.3 Å². The van der Waals surface area contributed by atoms with E-state index in [4.69, 9.17) is 4.74 Å². The fourth-order valence-corrected chi connectivity index (χ4v) is 7.07. The van der Waals surface area contributed by atoms with Crippen LogP contribution in [0.1, 0.15) is 26.7 Å². The number of thioether (sulfide) groups is 1. The number of fused-ring (bicyclic) bond motifs is 2. The molecule has 4 heterocycles. The van der Waals surface area contributed by atoms with E-state index in [1.165, 1.54) is 0 Å². The summed E-state index contributed by atoms with van der Waals surface area (Å²) in [6, 6.07) is -0.673. The molecule has 2 fully saturated rings. The summed E-state index contributed by atoms with van der Waals surface area (Å²) in [5.74, 6) is -1.86. The summed E-state index contributed by atoms with van der Waals surface area (Å²) in [5, 5.41) is 9.14. The van der Waals surface area contributed by atoms with Crippen LogP contribution in [0.5, 0.6) is 0 Å². The Bertz CT molecular complexity index is 766. The second-order valence-electron chi connectivity index (χ2n) is 8.32. The quantitative estimate of drug-likeness (QED) is 0.539. The maximum atomic E-state index is 13.6. The summed E-state index contributed by atoms with van der Waals surface area (Å²) in [7, 11) is 0. The van der Waals surface area contributed by atoms with Gasteiger partial charge in [-0.3, -0.25) is 14.4 Å². The molecule has 2 saturated heterocycles. The van der Waals surface area contributed by atoms with Crippen molar-refractivity contribution in [2.45, 2.75) is 48.8 Å². The van der Waals surface area contributed by atoms with Crippen molar-refractivity contribution in [2.24, 2.45) is 11.8 Å². The predicted molar refractivity (Wildman–Crippen MR) is 109 cm³/mol. The first kappa shape index (κ1) is 20.5. The van der Waals surface area contributed by atoms with E-state index < -0.39 is 22.6 Å². The van der Waals surface area contributed by atoms with Crippen LogP contribution in [0, 0.1) is 11.8 Å². The smallest absolute Gasteiger partial charge is 0.311 e. The van der Waals surface area contributed by atoms with Gasteiger partial charge in [0.05, 0.1) is 23.2 Å². The van der Waals surface area contributed by atoms with Gasteiger partial charge < -0.3 is 19.6 Å². The number of aliphatic hydroxyl groups excluding tert-OH is 1. The number of carbonyl (C=O) groups is 3. The summed E-state index contributed by atoms with van der Waals surface area (Å²) in [5.41, 5.74) is 0. The van der Waals surface area contributed by atoms with Crippen molar-refractivity contribution in [1.29, 1.82) is 0 Å². The number of ether oxygens (including phenoxy) is 1. The Morgan fingerprint density at radius 2 is 2.07 bits per heavy atom. The van der Waals surface area contributed by atoms with Crippen LogP contribution < -0.4 is 0 Å². The summed E-state index contributed by atoms with van der Waals surface area (Å²) >= 11 is 1.55. The fraction of sp³-hybridized carbons (Fsp3) is 0.667. The topological polar surface area (TPSA) is 87.2 Å². The first-order valence-corrected chi connectivity index (χ1v) is 11.2. The third-order valence-corrected chi connectivity index (χ3v) is 8.08. The highest BCUT2D eigenvalue weighted by Gasteiger charge is 2.70. The van der Waals surface area contributed by atoms with E-state index in [-0.39, 0.29) is 35.7 Å². The van der Waals surface area contributed by atoms with Crippen LogP contribution >= 0.6 is 11.8 Å². The number of aliphatic hydroxyl groups is 1. The van der Waals surface area contributed by atoms with Crippen molar-refractivity contribution in [3.8, 4) is 0 Å². The minimum atomic E-state index is -0.795. The molecule has 5 atom stereocenters. The molecule has 4 rings (SSSR count). The highest BCUT2D eigenvalue weighted by Crippen LogP contribution is 2.60. The summed E-state index contributed by atoms with van der Waals surface area (Å²) in [6.07, 6.45) is 9.02. The van der Waals surface area contributed by atoms with Crippen LogP contribution in [-0.4, -0.2) is 81.1 Å².